The molecule has 0 amide bonds. The van der Waals surface area contributed by atoms with Gasteiger partial charge in [0.05, 0.1) is 19.4 Å². The van der Waals surface area contributed by atoms with E-state index in [0.717, 1.165) is 38.5 Å². The maximum atomic E-state index is 13.6. The first kappa shape index (κ1) is 32.4. The number of hydrogen-bond acceptors (Lipinski definition) is 3. The van der Waals surface area contributed by atoms with Crippen LogP contribution in [-0.4, -0.2) is 19.4 Å². The van der Waals surface area contributed by atoms with E-state index in [1.165, 1.54) is 73.6 Å². The zero-order valence-electron chi connectivity index (χ0n) is 24.3. The molecule has 35 heavy (non-hydrogen) atoms. The Morgan fingerprint density at radius 1 is 0.714 bits per heavy atom. The summed E-state index contributed by atoms with van der Waals surface area (Å²) in [6.07, 6.45) is 16.7. The summed E-state index contributed by atoms with van der Waals surface area (Å²) in [6.45, 7) is 16.8. The fraction of sp³-hybridized carbons (Fsp3) is 0.806. The minimum absolute atomic E-state index is 0.128. The lowest BCUT2D eigenvalue weighted by atomic mass is 9.83. The van der Waals surface area contributed by atoms with Gasteiger partial charge in [0.15, 0.2) is 0 Å². The van der Waals surface area contributed by atoms with E-state index in [1.54, 1.807) is 0 Å². The van der Waals surface area contributed by atoms with Crippen LogP contribution in [0, 0.1) is 13.8 Å². The van der Waals surface area contributed by atoms with E-state index < -0.39 is 7.60 Å². The van der Waals surface area contributed by atoms with Crippen LogP contribution in [0.25, 0.3) is 0 Å². The van der Waals surface area contributed by atoms with Gasteiger partial charge < -0.3 is 9.05 Å². The molecule has 3 nitrogen and oxygen atoms in total. The maximum Gasteiger partial charge on any atom is 0.330 e. The van der Waals surface area contributed by atoms with Gasteiger partial charge in [-0.05, 0) is 67.2 Å². The number of unbranched alkanes of at least 4 members (excludes halogenated alkanes) is 10. The van der Waals surface area contributed by atoms with Gasteiger partial charge in [-0.2, -0.15) is 0 Å². The Morgan fingerprint density at radius 3 is 1.69 bits per heavy atom. The van der Waals surface area contributed by atoms with Crippen LogP contribution < -0.4 is 0 Å². The third-order valence-electron chi connectivity index (χ3n) is 7.09. The molecule has 0 aliphatic heterocycles. The molecule has 1 aromatic carbocycles. The van der Waals surface area contributed by atoms with Gasteiger partial charge in [-0.3, -0.25) is 4.57 Å². The van der Waals surface area contributed by atoms with E-state index in [9.17, 15) is 4.57 Å². The quantitative estimate of drug-likeness (QED) is 0.130. The fourth-order valence-corrected chi connectivity index (χ4v) is 6.12. The summed E-state index contributed by atoms with van der Waals surface area (Å²) in [5, 5.41) is 0. The van der Waals surface area contributed by atoms with Crippen LogP contribution in [0.3, 0.4) is 0 Å². The largest absolute Gasteiger partial charge is 0.330 e. The lowest BCUT2D eigenvalue weighted by Crippen LogP contribution is -2.13. The molecule has 204 valence electrons. The van der Waals surface area contributed by atoms with Gasteiger partial charge in [-0.15, -0.1) is 0 Å². The highest BCUT2D eigenvalue weighted by Gasteiger charge is 2.24. The molecule has 0 bridgehead atoms. The predicted molar refractivity (Wildman–Crippen MR) is 154 cm³/mol. The second-order valence-electron chi connectivity index (χ2n) is 11.5. The second-order valence-corrected chi connectivity index (χ2v) is 13.7. The Morgan fingerprint density at radius 2 is 1.20 bits per heavy atom. The second kappa shape index (κ2) is 17.8. The molecule has 1 aromatic rings. The van der Waals surface area contributed by atoms with Crippen LogP contribution in [0.15, 0.2) is 12.1 Å². The van der Waals surface area contributed by atoms with Crippen LogP contribution in [0.2, 0.25) is 0 Å². The summed E-state index contributed by atoms with van der Waals surface area (Å²) in [7, 11) is -3.05. The van der Waals surface area contributed by atoms with Gasteiger partial charge in [0.25, 0.3) is 0 Å². The van der Waals surface area contributed by atoms with Crippen LogP contribution >= 0.6 is 7.60 Å². The predicted octanol–water partition coefficient (Wildman–Crippen LogP) is 10.5. The molecule has 0 radical (unpaired) electrons. The van der Waals surface area contributed by atoms with Crippen molar-refractivity contribution in [2.45, 2.75) is 144 Å². The van der Waals surface area contributed by atoms with E-state index >= 15 is 0 Å². The third-order valence-corrected chi connectivity index (χ3v) is 9.11. The van der Waals surface area contributed by atoms with Crippen LogP contribution in [-0.2, 0) is 25.4 Å². The zero-order valence-corrected chi connectivity index (χ0v) is 25.2. The van der Waals surface area contributed by atoms with Gasteiger partial charge in [0.1, 0.15) is 0 Å². The van der Waals surface area contributed by atoms with Crippen molar-refractivity contribution >= 4 is 7.60 Å². The first-order valence-electron chi connectivity index (χ1n) is 14.6. The van der Waals surface area contributed by atoms with Crippen molar-refractivity contribution in [1.82, 2.24) is 0 Å². The number of benzene rings is 1. The lowest BCUT2D eigenvalue weighted by Gasteiger charge is -2.23. The van der Waals surface area contributed by atoms with Crippen LogP contribution in [0.4, 0.5) is 0 Å². The molecule has 4 heteroatoms. The normalized spacial score (nSPS) is 12.4. The van der Waals surface area contributed by atoms with Crippen molar-refractivity contribution < 1.29 is 13.6 Å². The van der Waals surface area contributed by atoms with E-state index in [0.29, 0.717) is 19.4 Å². The minimum atomic E-state index is -3.05. The molecule has 0 spiro atoms. The molecule has 0 unspecified atom stereocenters. The Labute approximate surface area is 218 Å². The van der Waals surface area contributed by atoms with Gasteiger partial charge in [-0.1, -0.05) is 111 Å². The maximum absolute atomic E-state index is 13.6. The van der Waals surface area contributed by atoms with Crippen molar-refractivity contribution in [3.05, 3.63) is 34.4 Å². The van der Waals surface area contributed by atoms with Crippen molar-refractivity contribution in [3.8, 4) is 0 Å². The molecular weight excluding hydrogens is 451 g/mol. The summed E-state index contributed by atoms with van der Waals surface area (Å²) in [6, 6.07) is 4.67. The minimum Gasteiger partial charge on any atom is -0.309 e. The summed E-state index contributed by atoms with van der Waals surface area (Å²) in [5.41, 5.74) is 5.57. The number of rotatable bonds is 20. The molecular formula is C31H57O3P. The summed E-state index contributed by atoms with van der Waals surface area (Å²) in [5.74, 6) is 0. The van der Waals surface area contributed by atoms with Crippen molar-refractivity contribution in [2.24, 2.45) is 0 Å². The average molecular weight is 509 g/mol. The van der Waals surface area contributed by atoms with E-state index in [-0.39, 0.29) is 5.41 Å². The summed E-state index contributed by atoms with van der Waals surface area (Å²) < 4.78 is 25.6. The van der Waals surface area contributed by atoms with Gasteiger partial charge in [0.2, 0.25) is 0 Å². The Hall–Kier alpha value is -0.630. The molecule has 0 atom stereocenters. The molecule has 0 aliphatic carbocycles. The van der Waals surface area contributed by atoms with Crippen molar-refractivity contribution in [3.63, 3.8) is 0 Å². The first-order chi connectivity index (χ1) is 16.6. The highest BCUT2D eigenvalue weighted by molar-refractivity contribution is 7.53. The van der Waals surface area contributed by atoms with E-state index in [2.05, 4.69) is 60.6 Å². The lowest BCUT2D eigenvalue weighted by molar-refractivity contribution is 0.197. The molecule has 0 fully saturated rings. The fourth-order valence-electron chi connectivity index (χ4n) is 4.43. The smallest absolute Gasteiger partial charge is 0.309 e. The molecule has 0 heterocycles. The molecule has 0 aromatic heterocycles. The van der Waals surface area contributed by atoms with Gasteiger partial charge >= 0.3 is 7.60 Å². The van der Waals surface area contributed by atoms with Gasteiger partial charge in [-0.25, -0.2) is 0 Å². The topological polar surface area (TPSA) is 35.5 Å². The SMILES string of the molecule is CCCCCCCCOP(=O)(CCCc1cc(C(C)(C)C)cc(C)c1C)OCCCCCCCC. The first-order valence-corrected chi connectivity index (χ1v) is 16.3. The molecule has 0 saturated heterocycles. The highest BCUT2D eigenvalue weighted by Crippen LogP contribution is 2.49. The highest BCUT2D eigenvalue weighted by atomic mass is 31.2. The Bertz CT molecular complexity index is 713. The third kappa shape index (κ3) is 14.0. The van der Waals surface area contributed by atoms with E-state index in [1.807, 2.05) is 0 Å². The molecule has 1 rings (SSSR count). The molecule has 0 N–H and O–H groups in total. The molecule has 0 saturated carbocycles. The summed E-state index contributed by atoms with van der Waals surface area (Å²) >= 11 is 0. The van der Waals surface area contributed by atoms with Crippen LogP contribution in [0.1, 0.15) is 140 Å². The van der Waals surface area contributed by atoms with Crippen LogP contribution in [0.5, 0.6) is 0 Å². The van der Waals surface area contributed by atoms with Crippen molar-refractivity contribution in [1.29, 1.82) is 0 Å². The average Bonchev–Trinajstić information content (AvgIpc) is 2.80. The van der Waals surface area contributed by atoms with Gasteiger partial charge in [0, 0.05) is 0 Å². The number of hydrogen-bond donors (Lipinski definition) is 0. The Balaban J connectivity index is 2.64. The van der Waals surface area contributed by atoms with E-state index in [4.69, 9.17) is 9.05 Å². The number of aryl methyl sites for hydroxylation is 2. The van der Waals surface area contributed by atoms with Crippen molar-refractivity contribution in [2.75, 3.05) is 19.4 Å². The Kier molecular flexibility index (Phi) is 16.4. The zero-order chi connectivity index (χ0) is 26.2. The molecule has 0 aliphatic rings. The monoisotopic (exact) mass is 508 g/mol. The standard InChI is InChI=1S/C31H57O3P/c1-8-10-12-14-16-18-22-33-35(32,34-23-19-17-15-13-11-9-2)24-20-21-29-26-30(31(5,6)7)25-27(3)28(29)4/h25-26H,8-24H2,1-7H3. The summed E-state index contributed by atoms with van der Waals surface area (Å²) in [4.78, 5) is 0.